The first-order chi connectivity index (χ1) is 17.1. The van der Waals surface area contributed by atoms with Gasteiger partial charge >= 0.3 is 0 Å². The summed E-state index contributed by atoms with van der Waals surface area (Å²) in [7, 11) is 1.50. The Bertz CT molecular complexity index is 1330. The van der Waals surface area contributed by atoms with E-state index in [-0.39, 0.29) is 27.3 Å². The highest BCUT2D eigenvalue weighted by Crippen LogP contribution is 2.43. The summed E-state index contributed by atoms with van der Waals surface area (Å²) in [6.07, 6.45) is 0.855. The van der Waals surface area contributed by atoms with E-state index in [0.29, 0.717) is 17.0 Å². The minimum atomic E-state index is -0.821. The zero-order chi connectivity index (χ0) is 26.2. The van der Waals surface area contributed by atoms with Gasteiger partial charge in [0.1, 0.15) is 11.5 Å². The summed E-state index contributed by atoms with van der Waals surface area (Å²) < 4.78 is 5.28. The lowest BCUT2D eigenvalue weighted by Gasteiger charge is -2.27. The molecule has 4 rings (SSSR count). The zero-order valence-electron chi connectivity index (χ0n) is 21.1. The third kappa shape index (κ3) is 4.63. The molecule has 3 aromatic rings. The van der Waals surface area contributed by atoms with Crippen LogP contribution in [0.3, 0.4) is 0 Å². The lowest BCUT2D eigenvalue weighted by molar-refractivity contribution is -0.132. The summed E-state index contributed by atoms with van der Waals surface area (Å²) in [6.45, 7) is 8.40. The maximum Gasteiger partial charge on any atom is 0.300 e. The quantitative estimate of drug-likeness (QED) is 0.235. The molecule has 1 aliphatic rings. The van der Waals surface area contributed by atoms with E-state index < -0.39 is 17.7 Å². The number of hydrogen-bond acceptors (Lipinski definition) is 4. The Kier molecular flexibility index (Phi) is 6.96. The summed E-state index contributed by atoms with van der Waals surface area (Å²) in [5.74, 6) is -1.34. The Morgan fingerprint density at radius 1 is 1.00 bits per heavy atom. The molecule has 36 heavy (non-hydrogen) atoms. The number of hydrogen-bond donors (Lipinski definition) is 1. The number of rotatable bonds is 5. The molecule has 1 fully saturated rings. The number of carbonyl (C=O) groups excluding carboxylic acids is 2. The fourth-order valence-electron chi connectivity index (χ4n) is 4.43. The van der Waals surface area contributed by atoms with Gasteiger partial charge in [-0.05, 0) is 58.9 Å². The van der Waals surface area contributed by atoms with E-state index in [1.807, 2.05) is 48.5 Å². The molecule has 0 aromatic heterocycles. The predicted molar refractivity (Wildman–Crippen MR) is 144 cm³/mol. The Labute approximate surface area is 217 Å². The molecule has 5 nitrogen and oxygen atoms in total. The van der Waals surface area contributed by atoms with E-state index in [2.05, 4.69) is 27.7 Å². The first-order valence-corrected chi connectivity index (χ1v) is 12.3. The number of benzene rings is 3. The smallest absolute Gasteiger partial charge is 0.300 e. The number of aliphatic hydroxyl groups excluding tert-OH is 1. The predicted octanol–water partition coefficient (Wildman–Crippen LogP) is 6.83. The molecule has 1 N–H and O–H groups in total. The van der Waals surface area contributed by atoms with Gasteiger partial charge in [0.2, 0.25) is 0 Å². The van der Waals surface area contributed by atoms with Crippen LogP contribution in [0.25, 0.3) is 5.76 Å². The molecule has 1 heterocycles. The van der Waals surface area contributed by atoms with Gasteiger partial charge < -0.3 is 9.84 Å². The average Bonchev–Trinajstić information content (AvgIpc) is 3.13. The van der Waals surface area contributed by atoms with Crippen LogP contribution in [0.2, 0.25) is 5.02 Å². The number of halogens is 1. The fraction of sp³-hybridized carbons (Fsp3) is 0.267. The monoisotopic (exact) mass is 503 g/mol. The highest BCUT2D eigenvalue weighted by atomic mass is 35.5. The number of anilines is 1. The van der Waals surface area contributed by atoms with Crippen molar-refractivity contribution < 1.29 is 19.4 Å². The molecule has 1 unspecified atom stereocenters. The Morgan fingerprint density at radius 2 is 1.64 bits per heavy atom. The van der Waals surface area contributed by atoms with Crippen molar-refractivity contribution in [3.05, 3.63) is 99.6 Å². The van der Waals surface area contributed by atoms with Gasteiger partial charge in [0.05, 0.1) is 23.7 Å². The summed E-state index contributed by atoms with van der Waals surface area (Å²) in [4.78, 5) is 28.3. The van der Waals surface area contributed by atoms with Crippen molar-refractivity contribution in [3.8, 4) is 5.75 Å². The Morgan fingerprint density at radius 3 is 2.19 bits per heavy atom. The molecule has 0 saturated carbocycles. The molecule has 0 bridgehead atoms. The summed E-state index contributed by atoms with van der Waals surface area (Å²) in [5, 5.41) is 11.6. The number of ketones is 1. The van der Waals surface area contributed by atoms with Gasteiger partial charge in [0.25, 0.3) is 11.7 Å². The van der Waals surface area contributed by atoms with E-state index in [9.17, 15) is 14.7 Å². The second-order valence-electron chi connectivity index (χ2n) is 9.91. The SMILES string of the molecule is CCc1ccc(C2/C(=C(\O)c3cc(OC)ccc3Cl)C(=O)C(=O)N2c2ccc(C(C)(C)C)cc2)cc1. The maximum atomic E-state index is 13.4. The molecule has 1 amide bonds. The van der Waals surface area contributed by atoms with Crippen molar-refractivity contribution in [1.82, 2.24) is 0 Å². The topological polar surface area (TPSA) is 66.8 Å². The third-order valence-corrected chi connectivity index (χ3v) is 6.92. The first-order valence-electron chi connectivity index (χ1n) is 11.9. The molecule has 1 atom stereocenters. The van der Waals surface area contributed by atoms with Gasteiger partial charge in [0, 0.05) is 11.3 Å². The normalized spacial score (nSPS) is 17.5. The van der Waals surface area contributed by atoms with Crippen molar-refractivity contribution in [3.63, 3.8) is 0 Å². The van der Waals surface area contributed by atoms with Gasteiger partial charge in [-0.2, -0.15) is 0 Å². The molecular weight excluding hydrogens is 474 g/mol. The van der Waals surface area contributed by atoms with Crippen LogP contribution >= 0.6 is 11.6 Å². The minimum Gasteiger partial charge on any atom is -0.507 e. The minimum absolute atomic E-state index is 0.0145. The highest BCUT2D eigenvalue weighted by molar-refractivity contribution is 6.52. The van der Waals surface area contributed by atoms with Crippen molar-refractivity contribution in [2.45, 2.75) is 45.6 Å². The number of Topliss-reactive ketones (excluding diaryl/α,β-unsaturated/α-hetero) is 1. The van der Waals surface area contributed by atoms with Crippen molar-refractivity contribution >= 4 is 34.7 Å². The summed E-state index contributed by atoms with van der Waals surface area (Å²) in [5.41, 5.74) is 3.67. The average molecular weight is 504 g/mol. The Balaban J connectivity index is 1.93. The largest absolute Gasteiger partial charge is 0.507 e. The van der Waals surface area contributed by atoms with Gasteiger partial charge in [-0.15, -0.1) is 0 Å². The molecule has 0 radical (unpaired) electrons. The van der Waals surface area contributed by atoms with E-state index in [1.54, 1.807) is 18.2 Å². The summed E-state index contributed by atoms with van der Waals surface area (Å²) in [6, 6.07) is 19.3. The van der Waals surface area contributed by atoms with Crippen LogP contribution in [-0.4, -0.2) is 23.9 Å². The third-order valence-electron chi connectivity index (χ3n) is 6.59. The molecule has 1 saturated heterocycles. The molecule has 6 heteroatoms. The van der Waals surface area contributed by atoms with Crippen LogP contribution in [0.5, 0.6) is 5.75 Å². The standard InChI is InChI=1S/C30H30ClNO4/c1-6-18-7-9-19(10-8-18)26-25(27(33)23-17-22(36-5)15-16-24(23)31)28(34)29(35)32(26)21-13-11-20(12-14-21)30(2,3)4/h7-17,26,33H,6H2,1-5H3/b27-25+. The summed E-state index contributed by atoms with van der Waals surface area (Å²) >= 11 is 6.40. The molecule has 3 aromatic carbocycles. The van der Waals surface area contributed by atoms with Crippen molar-refractivity contribution in [2.75, 3.05) is 12.0 Å². The molecule has 0 aliphatic carbocycles. The molecule has 186 valence electrons. The lowest BCUT2D eigenvalue weighted by atomic mass is 9.87. The number of nitrogens with zero attached hydrogens (tertiary/aromatic N) is 1. The number of aryl methyl sites for hydroxylation is 1. The van der Waals surface area contributed by atoms with Crippen LogP contribution in [0.4, 0.5) is 5.69 Å². The van der Waals surface area contributed by atoms with E-state index in [0.717, 1.165) is 17.5 Å². The van der Waals surface area contributed by atoms with Crippen molar-refractivity contribution in [2.24, 2.45) is 0 Å². The van der Waals surface area contributed by atoms with Gasteiger partial charge in [-0.25, -0.2) is 0 Å². The molecule has 1 aliphatic heterocycles. The second-order valence-corrected chi connectivity index (χ2v) is 10.3. The van der Waals surface area contributed by atoms with Gasteiger partial charge in [-0.1, -0.05) is 75.7 Å². The lowest BCUT2D eigenvalue weighted by Crippen LogP contribution is -2.29. The van der Waals surface area contributed by atoms with Crippen LogP contribution in [-0.2, 0) is 21.4 Å². The van der Waals surface area contributed by atoms with E-state index in [1.165, 1.54) is 12.0 Å². The van der Waals surface area contributed by atoms with Crippen LogP contribution in [0, 0.1) is 0 Å². The first kappa shape index (κ1) is 25.5. The van der Waals surface area contributed by atoms with Crippen molar-refractivity contribution in [1.29, 1.82) is 0 Å². The zero-order valence-corrected chi connectivity index (χ0v) is 21.9. The highest BCUT2D eigenvalue weighted by Gasteiger charge is 2.47. The van der Waals surface area contributed by atoms with Gasteiger partial charge in [0.15, 0.2) is 0 Å². The van der Waals surface area contributed by atoms with E-state index >= 15 is 0 Å². The van der Waals surface area contributed by atoms with E-state index in [4.69, 9.17) is 16.3 Å². The fourth-order valence-corrected chi connectivity index (χ4v) is 4.64. The second kappa shape index (κ2) is 9.82. The number of aliphatic hydroxyl groups is 1. The van der Waals surface area contributed by atoms with Crippen LogP contribution < -0.4 is 9.64 Å². The molecule has 0 spiro atoms. The van der Waals surface area contributed by atoms with Gasteiger partial charge in [-0.3, -0.25) is 14.5 Å². The number of amides is 1. The Hall–Kier alpha value is -3.57. The van der Waals surface area contributed by atoms with Crippen LogP contribution in [0.15, 0.2) is 72.3 Å². The number of carbonyl (C=O) groups is 2. The van der Waals surface area contributed by atoms with Crippen LogP contribution in [0.1, 0.15) is 56.0 Å². The maximum absolute atomic E-state index is 13.4. The number of ether oxygens (including phenoxy) is 1. The molecular formula is C30H30ClNO4. The number of methoxy groups -OCH3 is 1.